The van der Waals surface area contributed by atoms with Crippen LogP contribution in [0.25, 0.3) is 0 Å². The molecular weight excluding hydrogens is 186 g/mol. The highest BCUT2D eigenvalue weighted by molar-refractivity contribution is 4.95. The second-order valence-electron chi connectivity index (χ2n) is 4.67. The SMILES string of the molecule is C=CCCC(NC)C1CN2CCN1CC2. The number of allylic oxidation sites excluding steroid dienone is 1. The number of likely N-dealkylation sites (N-methyl/N-ethyl adjacent to an activating group) is 1. The maximum absolute atomic E-state index is 3.81. The van der Waals surface area contributed by atoms with Crippen molar-refractivity contribution in [3.8, 4) is 0 Å². The number of hydrogen-bond acceptors (Lipinski definition) is 3. The van der Waals surface area contributed by atoms with E-state index in [4.69, 9.17) is 0 Å². The van der Waals surface area contributed by atoms with Crippen molar-refractivity contribution in [2.75, 3.05) is 39.8 Å². The number of nitrogens with zero attached hydrogens (tertiary/aromatic N) is 2. The van der Waals surface area contributed by atoms with Crippen LogP contribution in [0, 0.1) is 0 Å². The maximum Gasteiger partial charge on any atom is 0.0377 e. The molecule has 3 rings (SSSR count). The predicted molar refractivity (Wildman–Crippen MR) is 64.1 cm³/mol. The van der Waals surface area contributed by atoms with E-state index in [2.05, 4.69) is 28.7 Å². The van der Waals surface area contributed by atoms with Crippen LogP contribution in [-0.4, -0.2) is 61.7 Å². The number of fused-ring (bicyclic) bond motifs is 3. The summed E-state index contributed by atoms with van der Waals surface area (Å²) >= 11 is 0. The Morgan fingerprint density at radius 2 is 2.13 bits per heavy atom. The molecule has 1 N–H and O–H groups in total. The summed E-state index contributed by atoms with van der Waals surface area (Å²) in [5.74, 6) is 0. The molecule has 0 amide bonds. The topological polar surface area (TPSA) is 18.5 Å². The van der Waals surface area contributed by atoms with Gasteiger partial charge in [0, 0.05) is 44.8 Å². The molecule has 0 spiro atoms. The molecule has 0 aromatic rings. The molecular formula is C12H23N3. The van der Waals surface area contributed by atoms with Gasteiger partial charge in [-0.2, -0.15) is 0 Å². The van der Waals surface area contributed by atoms with Crippen molar-refractivity contribution < 1.29 is 0 Å². The highest BCUT2D eigenvalue weighted by Crippen LogP contribution is 2.20. The smallest absolute Gasteiger partial charge is 0.0377 e. The van der Waals surface area contributed by atoms with Crippen LogP contribution < -0.4 is 5.32 Å². The van der Waals surface area contributed by atoms with Crippen LogP contribution >= 0.6 is 0 Å². The fraction of sp³-hybridized carbons (Fsp3) is 0.833. The van der Waals surface area contributed by atoms with Crippen LogP contribution in [-0.2, 0) is 0 Å². The summed E-state index contributed by atoms with van der Waals surface area (Å²) in [6.45, 7) is 10.1. The van der Waals surface area contributed by atoms with Gasteiger partial charge in [-0.3, -0.25) is 9.80 Å². The average molecular weight is 209 g/mol. The Morgan fingerprint density at radius 3 is 2.60 bits per heavy atom. The molecule has 3 heteroatoms. The van der Waals surface area contributed by atoms with Gasteiger partial charge in [0.1, 0.15) is 0 Å². The third-order valence-corrected chi connectivity index (χ3v) is 3.84. The molecule has 15 heavy (non-hydrogen) atoms. The molecule has 86 valence electrons. The van der Waals surface area contributed by atoms with Gasteiger partial charge in [-0.1, -0.05) is 6.08 Å². The van der Waals surface area contributed by atoms with Gasteiger partial charge in [0.05, 0.1) is 0 Å². The normalized spacial score (nSPS) is 36.5. The summed E-state index contributed by atoms with van der Waals surface area (Å²) < 4.78 is 0. The van der Waals surface area contributed by atoms with Gasteiger partial charge in [-0.15, -0.1) is 6.58 Å². The van der Waals surface area contributed by atoms with Crippen LogP contribution in [0.4, 0.5) is 0 Å². The van der Waals surface area contributed by atoms with Crippen LogP contribution in [0.3, 0.4) is 0 Å². The fourth-order valence-corrected chi connectivity index (χ4v) is 2.87. The number of rotatable bonds is 5. The van der Waals surface area contributed by atoms with Gasteiger partial charge in [-0.05, 0) is 19.9 Å². The molecule has 3 aliphatic heterocycles. The van der Waals surface area contributed by atoms with Crippen molar-refractivity contribution in [3.63, 3.8) is 0 Å². The summed E-state index contributed by atoms with van der Waals surface area (Å²) in [6, 6.07) is 1.35. The number of hydrogen-bond donors (Lipinski definition) is 1. The molecule has 0 aromatic carbocycles. The Bertz CT molecular complexity index is 209. The van der Waals surface area contributed by atoms with Crippen LogP contribution in [0.2, 0.25) is 0 Å². The summed E-state index contributed by atoms with van der Waals surface area (Å²) in [5, 5.41) is 3.48. The largest absolute Gasteiger partial charge is 0.315 e. The van der Waals surface area contributed by atoms with E-state index in [1.807, 2.05) is 6.08 Å². The minimum Gasteiger partial charge on any atom is -0.315 e. The van der Waals surface area contributed by atoms with E-state index in [0.29, 0.717) is 6.04 Å². The first kappa shape index (κ1) is 11.1. The minimum atomic E-state index is 0.631. The van der Waals surface area contributed by atoms with E-state index in [1.165, 1.54) is 39.1 Å². The van der Waals surface area contributed by atoms with Gasteiger partial charge in [-0.25, -0.2) is 0 Å². The van der Waals surface area contributed by atoms with Crippen molar-refractivity contribution in [1.82, 2.24) is 15.1 Å². The first-order valence-corrected chi connectivity index (χ1v) is 6.09. The Morgan fingerprint density at radius 1 is 1.40 bits per heavy atom. The number of piperazine rings is 3. The van der Waals surface area contributed by atoms with E-state index in [-0.39, 0.29) is 0 Å². The molecule has 2 unspecified atom stereocenters. The summed E-state index contributed by atoms with van der Waals surface area (Å²) in [6.07, 6.45) is 4.37. The molecule has 0 radical (unpaired) electrons. The summed E-state index contributed by atoms with van der Waals surface area (Å²) in [4.78, 5) is 5.26. The first-order valence-electron chi connectivity index (χ1n) is 6.09. The van der Waals surface area contributed by atoms with E-state index >= 15 is 0 Å². The standard InChI is InChI=1S/C12H23N3/c1-3-4-5-11(13-2)12-10-14-6-8-15(12)9-7-14/h3,11-13H,1,4-10H2,2H3. The minimum absolute atomic E-state index is 0.631. The summed E-state index contributed by atoms with van der Waals surface area (Å²) in [7, 11) is 2.09. The highest BCUT2D eigenvalue weighted by atomic mass is 15.4. The fourth-order valence-electron chi connectivity index (χ4n) is 2.87. The third kappa shape index (κ3) is 2.41. The quantitative estimate of drug-likeness (QED) is 0.667. The van der Waals surface area contributed by atoms with Crippen molar-refractivity contribution in [3.05, 3.63) is 12.7 Å². The molecule has 2 atom stereocenters. The molecule has 3 saturated heterocycles. The Kier molecular flexibility index (Phi) is 3.78. The van der Waals surface area contributed by atoms with Gasteiger partial charge < -0.3 is 5.32 Å². The van der Waals surface area contributed by atoms with E-state index in [0.717, 1.165) is 12.5 Å². The Hall–Kier alpha value is -0.380. The van der Waals surface area contributed by atoms with Crippen molar-refractivity contribution in [2.45, 2.75) is 24.9 Å². The van der Waals surface area contributed by atoms with Gasteiger partial charge >= 0.3 is 0 Å². The van der Waals surface area contributed by atoms with E-state index < -0.39 is 0 Å². The lowest BCUT2D eigenvalue weighted by Crippen LogP contribution is -2.66. The average Bonchev–Trinajstić information content (AvgIpc) is 2.32. The maximum atomic E-state index is 3.81. The zero-order chi connectivity index (χ0) is 10.7. The van der Waals surface area contributed by atoms with E-state index in [1.54, 1.807) is 0 Å². The van der Waals surface area contributed by atoms with Crippen LogP contribution in [0.15, 0.2) is 12.7 Å². The van der Waals surface area contributed by atoms with E-state index in [9.17, 15) is 0 Å². The second kappa shape index (κ2) is 5.10. The van der Waals surface area contributed by atoms with Crippen molar-refractivity contribution in [1.29, 1.82) is 0 Å². The van der Waals surface area contributed by atoms with Crippen LogP contribution in [0.1, 0.15) is 12.8 Å². The van der Waals surface area contributed by atoms with Gasteiger partial charge in [0.2, 0.25) is 0 Å². The van der Waals surface area contributed by atoms with Crippen LogP contribution in [0.5, 0.6) is 0 Å². The molecule has 3 nitrogen and oxygen atoms in total. The molecule has 3 heterocycles. The lowest BCUT2D eigenvalue weighted by Gasteiger charge is -2.50. The van der Waals surface area contributed by atoms with Gasteiger partial charge in [0.15, 0.2) is 0 Å². The van der Waals surface area contributed by atoms with Crippen molar-refractivity contribution in [2.24, 2.45) is 0 Å². The highest BCUT2D eigenvalue weighted by Gasteiger charge is 2.35. The zero-order valence-corrected chi connectivity index (χ0v) is 9.78. The lowest BCUT2D eigenvalue weighted by atomic mass is 9.96. The van der Waals surface area contributed by atoms with Gasteiger partial charge in [0.25, 0.3) is 0 Å². The molecule has 0 saturated carbocycles. The molecule has 0 aromatic heterocycles. The first-order chi connectivity index (χ1) is 7.35. The zero-order valence-electron chi connectivity index (χ0n) is 9.78. The third-order valence-electron chi connectivity index (χ3n) is 3.84. The molecule has 0 aliphatic carbocycles. The Balaban J connectivity index is 1.92. The predicted octanol–water partition coefficient (Wildman–Crippen LogP) is 0.540. The monoisotopic (exact) mass is 209 g/mol. The molecule has 2 bridgehead atoms. The second-order valence-corrected chi connectivity index (χ2v) is 4.67. The molecule has 3 aliphatic rings. The summed E-state index contributed by atoms with van der Waals surface area (Å²) in [5.41, 5.74) is 0. The Labute approximate surface area is 93.1 Å². The van der Waals surface area contributed by atoms with Crippen molar-refractivity contribution >= 4 is 0 Å². The number of nitrogens with one attached hydrogen (secondary N) is 1. The lowest BCUT2D eigenvalue weighted by molar-refractivity contribution is -0.00317. The molecule has 3 fully saturated rings.